The van der Waals surface area contributed by atoms with Crippen LogP contribution < -0.4 is 4.90 Å². The average molecular weight is 339 g/mol. The maximum atomic E-state index is 13.0. The third kappa shape index (κ3) is 3.22. The highest BCUT2D eigenvalue weighted by Crippen LogP contribution is 2.39. The minimum Gasteiger partial charge on any atom is -0.302 e. The minimum absolute atomic E-state index is 0.0614. The number of anilines is 1. The second kappa shape index (κ2) is 6.40. The quantitative estimate of drug-likeness (QED) is 0.624. The van der Waals surface area contributed by atoms with Gasteiger partial charge in [-0.25, -0.2) is 9.97 Å². The fourth-order valence-electron chi connectivity index (χ4n) is 3.15. The molecule has 0 aliphatic carbocycles. The van der Waals surface area contributed by atoms with Crippen molar-refractivity contribution in [2.24, 2.45) is 0 Å². The summed E-state index contributed by atoms with van der Waals surface area (Å²) in [5.41, 5.74) is 4.15. The largest absolute Gasteiger partial charge is 0.302 e. The lowest BCUT2D eigenvalue weighted by Gasteiger charge is -2.41. The molecule has 124 valence electrons. The number of allylic oxidation sites excluding steroid dienone is 1. The van der Waals surface area contributed by atoms with Crippen LogP contribution in [0.25, 0.3) is 5.57 Å². The second-order valence-corrected chi connectivity index (χ2v) is 7.49. The molecule has 0 bridgehead atoms. The second-order valence-electron chi connectivity index (χ2n) is 6.55. The number of hydrogen-bond acceptors (Lipinski definition) is 4. The van der Waals surface area contributed by atoms with Crippen LogP contribution in [0.5, 0.6) is 0 Å². The van der Waals surface area contributed by atoms with E-state index in [-0.39, 0.29) is 11.4 Å². The van der Waals surface area contributed by atoms with Crippen molar-refractivity contribution < 1.29 is 4.79 Å². The van der Waals surface area contributed by atoms with Crippen LogP contribution in [-0.4, -0.2) is 27.2 Å². The summed E-state index contributed by atoms with van der Waals surface area (Å²) in [4.78, 5) is 23.2. The fraction of sp³-hybridized carbons (Fsp3) is 0.316. The van der Waals surface area contributed by atoms with Crippen LogP contribution in [-0.2, 0) is 4.79 Å². The molecule has 0 radical (unpaired) electrons. The molecule has 3 rings (SSSR count). The normalized spacial score (nSPS) is 15.7. The van der Waals surface area contributed by atoms with Crippen LogP contribution in [0.3, 0.4) is 0 Å². The minimum atomic E-state index is -0.360. The molecule has 1 amide bonds. The number of carbonyl (C=O) groups is 1. The van der Waals surface area contributed by atoms with Crippen molar-refractivity contribution in [3.8, 4) is 0 Å². The van der Waals surface area contributed by atoms with E-state index in [1.165, 1.54) is 22.9 Å². The SMILES string of the molecule is CC1=CC(C)(C)N(C(=O)CSc2ncccn2)c2ccc(C)cc21. The molecular formula is C19H21N3OS. The third-order valence-electron chi connectivity index (χ3n) is 4.08. The van der Waals surface area contributed by atoms with Gasteiger partial charge in [0.05, 0.1) is 17.0 Å². The van der Waals surface area contributed by atoms with Gasteiger partial charge in [-0.1, -0.05) is 29.5 Å². The van der Waals surface area contributed by atoms with Gasteiger partial charge >= 0.3 is 0 Å². The monoisotopic (exact) mass is 339 g/mol. The van der Waals surface area contributed by atoms with Crippen molar-refractivity contribution in [3.63, 3.8) is 0 Å². The van der Waals surface area contributed by atoms with Crippen molar-refractivity contribution in [2.45, 2.75) is 38.4 Å². The Morgan fingerprint density at radius 3 is 2.62 bits per heavy atom. The molecule has 0 saturated heterocycles. The molecule has 2 heterocycles. The molecule has 1 aromatic carbocycles. The van der Waals surface area contributed by atoms with E-state index in [1.807, 2.05) is 11.0 Å². The number of aryl methyl sites for hydroxylation is 1. The van der Waals surface area contributed by atoms with Crippen molar-refractivity contribution in [1.29, 1.82) is 0 Å². The summed E-state index contributed by atoms with van der Waals surface area (Å²) < 4.78 is 0. The van der Waals surface area contributed by atoms with Gasteiger partial charge < -0.3 is 4.90 Å². The number of benzene rings is 1. The Labute approximate surface area is 147 Å². The topological polar surface area (TPSA) is 46.1 Å². The van der Waals surface area contributed by atoms with E-state index in [4.69, 9.17) is 0 Å². The molecular weight excluding hydrogens is 318 g/mol. The molecule has 0 saturated carbocycles. The summed E-state index contributed by atoms with van der Waals surface area (Å²) in [7, 11) is 0. The highest BCUT2D eigenvalue weighted by Gasteiger charge is 2.35. The summed E-state index contributed by atoms with van der Waals surface area (Å²) in [5, 5.41) is 0.622. The molecule has 1 aromatic heterocycles. The molecule has 0 N–H and O–H groups in total. The van der Waals surface area contributed by atoms with E-state index in [9.17, 15) is 4.79 Å². The zero-order valence-electron chi connectivity index (χ0n) is 14.4. The van der Waals surface area contributed by atoms with E-state index in [0.29, 0.717) is 10.9 Å². The fourth-order valence-corrected chi connectivity index (χ4v) is 3.80. The summed E-state index contributed by atoms with van der Waals surface area (Å²) in [6.07, 6.45) is 5.54. The summed E-state index contributed by atoms with van der Waals surface area (Å²) in [5.74, 6) is 0.375. The van der Waals surface area contributed by atoms with Crippen LogP contribution >= 0.6 is 11.8 Å². The van der Waals surface area contributed by atoms with Crippen molar-refractivity contribution >= 4 is 28.9 Å². The Balaban J connectivity index is 1.90. The van der Waals surface area contributed by atoms with Crippen molar-refractivity contribution in [2.75, 3.05) is 10.7 Å². The van der Waals surface area contributed by atoms with Crippen molar-refractivity contribution in [1.82, 2.24) is 9.97 Å². The molecule has 5 heteroatoms. The predicted octanol–water partition coefficient (Wildman–Crippen LogP) is 4.11. The first kappa shape index (κ1) is 16.7. The standard InChI is InChI=1S/C19H21N3OS/c1-13-6-7-16-15(10-13)14(2)11-19(3,4)22(16)17(23)12-24-18-20-8-5-9-21-18/h5-11H,12H2,1-4H3. The van der Waals surface area contributed by atoms with Gasteiger partial charge in [-0.05, 0) is 51.5 Å². The summed E-state index contributed by atoms with van der Waals surface area (Å²) >= 11 is 1.37. The van der Waals surface area contributed by atoms with E-state index in [2.05, 4.69) is 55.9 Å². The number of nitrogens with zero attached hydrogens (tertiary/aromatic N) is 3. The lowest BCUT2D eigenvalue weighted by atomic mass is 9.88. The van der Waals surface area contributed by atoms with Crippen LogP contribution in [0.15, 0.2) is 47.9 Å². The molecule has 0 fully saturated rings. The number of amides is 1. The molecule has 0 atom stereocenters. The lowest BCUT2D eigenvalue weighted by Crippen LogP contribution is -2.49. The molecule has 0 spiro atoms. The predicted molar refractivity (Wildman–Crippen MR) is 99.2 cm³/mol. The Kier molecular flexibility index (Phi) is 4.45. The van der Waals surface area contributed by atoms with E-state index in [1.54, 1.807) is 18.5 Å². The van der Waals surface area contributed by atoms with Gasteiger partial charge in [-0.3, -0.25) is 4.79 Å². The van der Waals surface area contributed by atoms with E-state index in [0.717, 1.165) is 11.3 Å². The van der Waals surface area contributed by atoms with E-state index < -0.39 is 0 Å². The molecule has 1 aliphatic heterocycles. The summed E-state index contributed by atoms with van der Waals surface area (Å²) in [6.45, 7) is 8.32. The Morgan fingerprint density at radius 1 is 1.21 bits per heavy atom. The molecule has 24 heavy (non-hydrogen) atoms. The highest BCUT2D eigenvalue weighted by molar-refractivity contribution is 7.99. The molecule has 1 aliphatic rings. The maximum Gasteiger partial charge on any atom is 0.238 e. The first-order chi connectivity index (χ1) is 11.4. The molecule has 2 aromatic rings. The zero-order valence-corrected chi connectivity index (χ0v) is 15.2. The highest BCUT2D eigenvalue weighted by atomic mass is 32.2. The summed E-state index contributed by atoms with van der Waals surface area (Å²) in [6, 6.07) is 8.02. The number of fused-ring (bicyclic) bond motifs is 1. The number of carbonyl (C=O) groups excluding carboxylic acids is 1. The third-order valence-corrected chi connectivity index (χ3v) is 4.94. The lowest BCUT2D eigenvalue weighted by molar-refractivity contribution is -0.116. The molecule has 4 nitrogen and oxygen atoms in total. The zero-order chi connectivity index (χ0) is 17.3. The van der Waals surface area contributed by atoms with Gasteiger partial charge in [0.25, 0.3) is 0 Å². The Hall–Kier alpha value is -2.14. The molecule has 0 unspecified atom stereocenters. The Bertz CT molecular complexity index is 800. The van der Waals surface area contributed by atoms with Gasteiger partial charge in [-0.15, -0.1) is 0 Å². The average Bonchev–Trinajstić information content (AvgIpc) is 2.54. The van der Waals surface area contributed by atoms with Crippen LogP contribution in [0.4, 0.5) is 5.69 Å². The number of aromatic nitrogens is 2. The van der Waals surface area contributed by atoms with Gasteiger partial charge in [0.2, 0.25) is 5.91 Å². The van der Waals surface area contributed by atoms with Gasteiger partial charge in [0.1, 0.15) is 0 Å². The number of hydrogen-bond donors (Lipinski definition) is 0. The van der Waals surface area contributed by atoms with E-state index >= 15 is 0 Å². The van der Waals surface area contributed by atoms with Crippen molar-refractivity contribution in [3.05, 3.63) is 53.9 Å². The maximum absolute atomic E-state index is 13.0. The number of rotatable bonds is 3. The van der Waals surface area contributed by atoms with Gasteiger partial charge in [0, 0.05) is 18.0 Å². The Morgan fingerprint density at radius 2 is 1.92 bits per heavy atom. The van der Waals surface area contributed by atoms with Crippen LogP contribution in [0.1, 0.15) is 31.9 Å². The van der Waals surface area contributed by atoms with Gasteiger partial charge in [0.15, 0.2) is 5.16 Å². The first-order valence-corrected chi connectivity index (χ1v) is 8.90. The number of thioether (sulfide) groups is 1. The van der Waals surface area contributed by atoms with Gasteiger partial charge in [-0.2, -0.15) is 0 Å². The van der Waals surface area contributed by atoms with Crippen LogP contribution in [0.2, 0.25) is 0 Å². The van der Waals surface area contributed by atoms with Crippen LogP contribution in [0, 0.1) is 6.92 Å². The first-order valence-electron chi connectivity index (χ1n) is 7.92. The smallest absolute Gasteiger partial charge is 0.238 e.